The molecule has 0 saturated carbocycles. The molecule has 1 atom stereocenters. The van der Waals surface area contributed by atoms with Gasteiger partial charge in [0.25, 0.3) is 0 Å². The normalized spacial score (nSPS) is 15.6. The molecule has 2 heterocycles. The fourth-order valence-corrected chi connectivity index (χ4v) is 3.29. The molecule has 1 unspecified atom stereocenters. The molecule has 8 heteroatoms. The molecule has 1 aromatic carbocycles. The summed E-state index contributed by atoms with van der Waals surface area (Å²) in [5, 5.41) is 5.88. The maximum atomic E-state index is 12.3. The highest BCUT2D eigenvalue weighted by molar-refractivity contribution is 6.35. The van der Waals surface area contributed by atoms with Crippen molar-refractivity contribution in [3.63, 3.8) is 0 Å². The predicted octanol–water partition coefficient (Wildman–Crippen LogP) is 1.54. The minimum absolute atomic E-state index is 0.0714. The van der Waals surface area contributed by atoms with Crippen molar-refractivity contribution in [2.45, 2.75) is 12.6 Å². The van der Waals surface area contributed by atoms with Crippen LogP contribution in [0.4, 0.5) is 0 Å². The van der Waals surface area contributed by atoms with Crippen LogP contribution in [0, 0.1) is 0 Å². The summed E-state index contributed by atoms with van der Waals surface area (Å²) in [6.07, 6.45) is 3.49. The molecule has 1 aromatic heterocycles. The molecule has 148 valence electrons. The molecule has 2 amide bonds. The van der Waals surface area contributed by atoms with Gasteiger partial charge in [-0.05, 0) is 23.3 Å². The number of nitrogens with one attached hydrogen (secondary N) is 2. The Hall–Kier alpha value is -2.48. The van der Waals surface area contributed by atoms with Gasteiger partial charge < -0.3 is 15.4 Å². The second-order valence-corrected chi connectivity index (χ2v) is 6.84. The minimum Gasteiger partial charge on any atom is -0.379 e. The maximum Gasteiger partial charge on any atom is 0.309 e. The Balaban J connectivity index is 1.56. The SMILES string of the molecule is O=C(NCc1ccccc1Cl)C(=O)NCC(c1cccnc1)N1CCOCC1. The average molecular weight is 403 g/mol. The Morgan fingerprint density at radius 2 is 1.86 bits per heavy atom. The third-order valence-corrected chi connectivity index (χ3v) is 4.98. The van der Waals surface area contributed by atoms with Crippen molar-refractivity contribution in [2.24, 2.45) is 0 Å². The monoisotopic (exact) mass is 402 g/mol. The van der Waals surface area contributed by atoms with E-state index in [2.05, 4.69) is 20.5 Å². The number of amides is 2. The van der Waals surface area contributed by atoms with E-state index < -0.39 is 11.8 Å². The van der Waals surface area contributed by atoms with E-state index in [0.29, 0.717) is 24.8 Å². The molecule has 0 aliphatic carbocycles. The fourth-order valence-electron chi connectivity index (χ4n) is 3.09. The lowest BCUT2D eigenvalue weighted by Crippen LogP contribution is -2.46. The van der Waals surface area contributed by atoms with E-state index in [1.807, 2.05) is 24.3 Å². The number of pyridine rings is 1. The van der Waals surface area contributed by atoms with Gasteiger partial charge in [-0.2, -0.15) is 0 Å². The Morgan fingerprint density at radius 1 is 1.11 bits per heavy atom. The van der Waals surface area contributed by atoms with Crippen LogP contribution in [0.2, 0.25) is 5.02 Å². The van der Waals surface area contributed by atoms with E-state index in [4.69, 9.17) is 16.3 Å². The van der Waals surface area contributed by atoms with Gasteiger partial charge in [0.05, 0.1) is 19.3 Å². The maximum absolute atomic E-state index is 12.3. The Kier molecular flexibility index (Phi) is 7.36. The molecule has 0 bridgehead atoms. The lowest BCUT2D eigenvalue weighted by atomic mass is 10.1. The van der Waals surface area contributed by atoms with Crippen LogP contribution in [0.1, 0.15) is 17.2 Å². The number of benzene rings is 1. The average Bonchev–Trinajstić information content (AvgIpc) is 2.74. The highest BCUT2D eigenvalue weighted by Crippen LogP contribution is 2.20. The van der Waals surface area contributed by atoms with E-state index in [1.54, 1.807) is 24.5 Å². The largest absolute Gasteiger partial charge is 0.379 e. The highest BCUT2D eigenvalue weighted by Gasteiger charge is 2.24. The molecule has 0 radical (unpaired) electrons. The number of rotatable bonds is 6. The van der Waals surface area contributed by atoms with E-state index in [-0.39, 0.29) is 12.6 Å². The molecule has 1 saturated heterocycles. The number of hydrogen-bond acceptors (Lipinski definition) is 5. The van der Waals surface area contributed by atoms with Crippen LogP contribution in [-0.4, -0.2) is 54.5 Å². The van der Waals surface area contributed by atoms with Gasteiger partial charge in [0.1, 0.15) is 0 Å². The summed E-state index contributed by atoms with van der Waals surface area (Å²) >= 11 is 6.07. The van der Waals surface area contributed by atoms with Crippen LogP contribution in [0.3, 0.4) is 0 Å². The molecule has 1 aliphatic rings. The van der Waals surface area contributed by atoms with Crippen LogP contribution >= 0.6 is 11.6 Å². The first kappa shape index (κ1) is 20.3. The number of ether oxygens (including phenoxy) is 1. The van der Waals surface area contributed by atoms with Crippen molar-refractivity contribution in [3.05, 3.63) is 64.9 Å². The first-order valence-corrected chi connectivity index (χ1v) is 9.54. The standard InChI is InChI=1S/C20H23ClN4O3/c21-17-6-2-1-4-15(17)13-23-19(26)20(27)24-14-18(16-5-3-7-22-12-16)25-8-10-28-11-9-25/h1-7,12,18H,8-11,13-14H2,(H,23,26)(H,24,27). The van der Waals surface area contributed by atoms with Gasteiger partial charge in [-0.3, -0.25) is 19.5 Å². The smallest absolute Gasteiger partial charge is 0.309 e. The topological polar surface area (TPSA) is 83.6 Å². The summed E-state index contributed by atoms with van der Waals surface area (Å²) < 4.78 is 5.41. The zero-order valence-electron chi connectivity index (χ0n) is 15.4. The molecular formula is C20H23ClN4O3. The van der Waals surface area contributed by atoms with Crippen molar-refractivity contribution >= 4 is 23.4 Å². The predicted molar refractivity (Wildman–Crippen MR) is 106 cm³/mol. The first-order valence-electron chi connectivity index (χ1n) is 9.16. The molecule has 7 nitrogen and oxygen atoms in total. The van der Waals surface area contributed by atoms with E-state index in [1.165, 1.54) is 0 Å². The molecule has 1 aliphatic heterocycles. The molecule has 2 aromatic rings. The number of nitrogens with zero attached hydrogens (tertiary/aromatic N) is 2. The van der Waals surface area contributed by atoms with Crippen LogP contribution in [-0.2, 0) is 20.9 Å². The van der Waals surface area contributed by atoms with Gasteiger partial charge in [-0.25, -0.2) is 0 Å². The van der Waals surface area contributed by atoms with Gasteiger partial charge in [0.15, 0.2) is 0 Å². The summed E-state index contributed by atoms with van der Waals surface area (Å²) in [7, 11) is 0. The van der Waals surface area contributed by atoms with Crippen molar-refractivity contribution in [1.82, 2.24) is 20.5 Å². The van der Waals surface area contributed by atoms with Crippen molar-refractivity contribution in [2.75, 3.05) is 32.8 Å². The molecule has 2 N–H and O–H groups in total. The Bertz CT molecular complexity index is 797. The van der Waals surface area contributed by atoms with Gasteiger partial charge >= 0.3 is 11.8 Å². The third-order valence-electron chi connectivity index (χ3n) is 4.62. The summed E-state index contributed by atoms with van der Waals surface area (Å²) in [4.78, 5) is 30.8. The second-order valence-electron chi connectivity index (χ2n) is 6.43. The molecular weight excluding hydrogens is 380 g/mol. The lowest BCUT2D eigenvalue weighted by molar-refractivity contribution is -0.139. The highest BCUT2D eigenvalue weighted by atomic mass is 35.5. The summed E-state index contributed by atoms with van der Waals surface area (Å²) in [5.41, 5.74) is 1.74. The lowest BCUT2D eigenvalue weighted by Gasteiger charge is -2.34. The number of aromatic nitrogens is 1. The Morgan fingerprint density at radius 3 is 2.57 bits per heavy atom. The summed E-state index contributed by atoms with van der Waals surface area (Å²) in [6.45, 7) is 3.31. The van der Waals surface area contributed by atoms with Crippen molar-refractivity contribution in [3.8, 4) is 0 Å². The molecule has 0 spiro atoms. The van der Waals surface area contributed by atoms with Gasteiger partial charge in [0.2, 0.25) is 0 Å². The van der Waals surface area contributed by atoms with E-state index in [0.717, 1.165) is 24.2 Å². The van der Waals surface area contributed by atoms with E-state index in [9.17, 15) is 9.59 Å². The van der Waals surface area contributed by atoms with Crippen LogP contribution in [0.25, 0.3) is 0 Å². The fraction of sp³-hybridized carbons (Fsp3) is 0.350. The van der Waals surface area contributed by atoms with Crippen molar-refractivity contribution < 1.29 is 14.3 Å². The third kappa shape index (κ3) is 5.51. The quantitative estimate of drug-likeness (QED) is 0.716. The van der Waals surface area contributed by atoms with Crippen LogP contribution in [0.15, 0.2) is 48.8 Å². The molecule has 3 rings (SSSR count). The number of carbonyl (C=O) groups excluding carboxylic acids is 2. The number of morpholine rings is 1. The summed E-state index contributed by atoms with van der Waals surface area (Å²) in [5.74, 6) is -1.36. The summed E-state index contributed by atoms with van der Waals surface area (Å²) in [6, 6.07) is 10.9. The second kappa shape index (κ2) is 10.2. The zero-order valence-corrected chi connectivity index (χ0v) is 16.2. The number of hydrogen-bond donors (Lipinski definition) is 2. The molecule has 28 heavy (non-hydrogen) atoms. The van der Waals surface area contributed by atoms with Crippen LogP contribution in [0.5, 0.6) is 0 Å². The van der Waals surface area contributed by atoms with E-state index >= 15 is 0 Å². The minimum atomic E-state index is -0.688. The van der Waals surface area contributed by atoms with Crippen molar-refractivity contribution in [1.29, 1.82) is 0 Å². The van der Waals surface area contributed by atoms with Crippen LogP contribution < -0.4 is 10.6 Å². The number of halogens is 1. The van der Waals surface area contributed by atoms with Gasteiger partial charge in [0, 0.05) is 43.6 Å². The Labute approximate surface area is 169 Å². The first-order chi connectivity index (χ1) is 13.6. The zero-order chi connectivity index (χ0) is 19.8. The molecule has 1 fully saturated rings. The van der Waals surface area contributed by atoms with Gasteiger partial charge in [-0.15, -0.1) is 0 Å². The number of carbonyl (C=O) groups is 2. The van der Waals surface area contributed by atoms with Gasteiger partial charge in [-0.1, -0.05) is 35.9 Å².